The van der Waals surface area contributed by atoms with Crippen molar-refractivity contribution in [2.24, 2.45) is 0 Å². The molecule has 0 fully saturated rings. The number of hydrogen-bond donors (Lipinski definition) is 2. The molecule has 0 aliphatic rings. The molecule has 0 unspecified atom stereocenters. The summed E-state index contributed by atoms with van der Waals surface area (Å²) in [5.74, 6) is 0. The molecular weight excluding hydrogens is 298 g/mol. The molecule has 0 aliphatic heterocycles. The first kappa shape index (κ1) is 20.8. The highest BCUT2D eigenvalue weighted by atomic mass is 31.2. The number of nitrogens with zero attached hydrogens (tertiary/aromatic N) is 2. The average Bonchev–Trinajstić information content (AvgIpc) is 2.24. The fourth-order valence-electron chi connectivity index (χ4n) is 1.28. The molecule has 11 heteroatoms. The van der Waals surface area contributed by atoms with E-state index in [9.17, 15) is 18.7 Å². The van der Waals surface area contributed by atoms with E-state index >= 15 is 0 Å². The van der Waals surface area contributed by atoms with Crippen LogP contribution in [0.4, 0.5) is 0 Å². The van der Waals surface area contributed by atoms with Crippen LogP contribution in [-0.2, 0) is 18.7 Å². The van der Waals surface area contributed by atoms with E-state index in [2.05, 4.69) is 0 Å². The highest BCUT2D eigenvalue weighted by Crippen LogP contribution is 2.35. The molecule has 0 saturated heterocycles. The van der Waals surface area contributed by atoms with E-state index in [0.29, 0.717) is 12.6 Å². The summed E-state index contributed by atoms with van der Waals surface area (Å²) >= 11 is 0. The Hall–Kier alpha value is -0.530. The van der Waals surface area contributed by atoms with Crippen molar-refractivity contribution in [2.75, 3.05) is 38.8 Å². The van der Waals surface area contributed by atoms with Crippen molar-refractivity contribution in [1.29, 1.82) is 0 Å². The predicted molar refractivity (Wildman–Crippen MR) is 68.3 cm³/mol. The van der Waals surface area contributed by atoms with Gasteiger partial charge in [-0.25, -0.2) is 0 Å². The van der Waals surface area contributed by atoms with Crippen LogP contribution in [0.25, 0.3) is 0 Å². The molecule has 0 aromatic carbocycles. The molecule has 0 radical (unpaired) electrons. The third kappa shape index (κ3) is 12.3. The number of aldehydes is 2. The van der Waals surface area contributed by atoms with E-state index < -0.39 is 13.9 Å². The molecule has 0 bridgehead atoms. The Labute approximate surface area is 112 Å². The fourth-order valence-corrected chi connectivity index (χ4v) is 2.60. The summed E-state index contributed by atoms with van der Waals surface area (Å²) in [4.78, 5) is 41.2. The molecule has 0 heterocycles. The number of carbonyl (C=O) groups is 2. The zero-order chi connectivity index (χ0) is 14.0. The van der Waals surface area contributed by atoms with Gasteiger partial charge in [0, 0.05) is 13.1 Å². The van der Waals surface area contributed by atoms with Crippen molar-refractivity contribution in [3.8, 4) is 0 Å². The zero-order valence-electron chi connectivity index (χ0n) is 10.2. The molecule has 112 valence electrons. The zero-order valence-corrected chi connectivity index (χ0v) is 12.0. The van der Waals surface area contributed by atoms with Gasteiger partial charge in [0.1, 0.15) is 18.9 Å². The van der Waals surface area contributed by atoms with E-state index in [1.165, 1.54) is 9.80 Å². The lowest BCUT2D eigenvalue weighted by atomic mass is 10.4. The van der Waals surface area contributed by atoms with E-state index in [1.807, 2.05) is 0 Å². The minimum Gasteiger partial charge on any atom is -0.412 e. The Kier molecular flexibility index (Phi) is 12.4. The van der Waals surface area contributed by atoms with Gasteiger partial charge in [-0.15, -0.1) is 0 Å². The highest BCUT2D eigenvalue weighted by Gasteiger charge is 2.19. The van der Waals surface area contributed by atoms with Crippen LogP contribution in [0.3, 0.4) is 0 Å². The van der Waals surface area contributed by atoms with Crippen LogP contribution in [0.1, 0.15) is 0 Å². The summed E-state index contributed by atoms with van der Waals surface area (Å²) in [5.41, 5.74) is 0. The topological polar surface area (TPSA) is 147 Å². The van der Waals surface area contributed by atoms with Gasteiger partial charge >= 0.3 is 7.60 Å². The SMILES string of the molecule is O.O=CCN(CC=O)CCN(CP=O)CP(=O)(O)O. The van der Waals surface area contributed by atoms with Crippen molar-refractivity contribution in [2.45, 2.75) is 0 Å². The number of hydrogen-bond acceptors (Lipinski definition) is 6. The smallest absolute Gasteiger partial charge is 0.339 e. The minimum atomic E-state index is -4.22. The number of rotatable bonds is 11. The molecule has 0 spiro atoms. The standard InChI is InChI=1S/C8H16N2O6P2.H2O/c11-5-3-9(4-6-12)1-2-10(7-17-13)8-18(14,15)16;/h5-6H,1-4,7-8H2,(H2,14,15,16);1H2. The van der Waals surface area contributed by atoms with Gasteiger partial charge in [0.05, 0.1) is 19.4 Å². The average molecular weight is 316 g/mol. The first-order valence-corrected chi connectivity index (χ1v) is 7.88. The summed E-state index contributed by atoms with van der Waals surface area (Å²) in [6.45, 7) is 0.629. The molecular formula is C8H18N2O7P2. The summed E-state index contributed by atoms with van der Waals surface area (Å²) in [5, 5.41) is 0. The molecule has 0 atom stereocenters. The Morgan fingerprint density at radius 1 is 1.05 bits per heavy atom. The molecule has 19 heavy (non-hydrogen) atoms. The fraction of sp³-hybridized carbons (Fsp3) is 0.750. The van der Waals surface area contributed by atoms with Gasteiger partial charge in [-0.1, -0.05) is 0 Å². The first-order valence-electron chi connectivity index (χ1n) is 5.08. The van der Waals surface area contributed by atoms with Crippen LogP contribution in [-0.4, -0.2) is 76.4 Å². The van der Waals surface area contributed by atoms with Crippen LogP contribution in [0.5, 0.6) is 0 Å². The van der Waals surface area contributed by atoms with Gasteiger partial charge in [0.15, 0.2) is 8.46 Å². The van der Waals surface area contributed by atoms with Crippen LogP contribution in [0, 0.1) is 0 Å². The van der Waals surface area contributed by atoms with E-state index in [1.54, 1.807) is 0 Å². The monoisotopic (exact) mass is 316 g/mol. The third-order valence-electron chi connectivity index (χ3n) is 2.04. The predicted octanol–water partition coefficient (Wildman–Crippen LogP) is -1.45. The third-order valence-corrected chi connectivity index (χ3v) is 3.32. The van der Waals surface area contributed by atoms with Crippen molar-refractivity contribution in [3.63, 3.8) is 0 Å². The quantitative estimate of drug-likeness (QED) is 0.347. The van der Waals surface area contributed by atoms with E-state index in [4.69, 9.17) is 9.79 Å². The first-order chi connectivity index (χ1) is 8.42. The van der Waals surface area contributed by atoms with Gasteiger partial charge in [-0.05, 0) is 0 Å². The molecule has 4 N–H and O–H groups in total. The lowest BCUT2D eigenvalue weighted by Gasteiger charge is -2.23. The van der Waals surface area contributed by atoms with Crippen LogP contribution in [0.15, 0.2) is 0 Å². The lowest BCUT2D eigenvalue weighted by molar-refractivity contribution is -0.111. The van der Waals surface area contributed by atoms with Crippen LogP contribution in [0.2, 0.25) is 0 Å². The summed E-state index contributed by atoms with van der Waals surface area (Å²) in [6.07, 6.45) is 0.769. The Bertz CT molecular complexity index is 312. The Morgan fingerprint density at radius 2 is 1.53 bits per heavy atom. The Balaban J connectivity index is 0. The van der Waals surface area contributed by atoms with Gasteiger partial charge in [-0.3, -0.25) is 18.9 Å². The molecule has 0 aliphatic carbocycles. The second kappa shape index (κ2) is 11.3. The molecule has 0 saturated carbocycles. The van der Waals surface area contributed by atoms with Crippen LogP contribution < -0.4 is 0 Å². The molecule has 0 amide bonds. The molecule has 0 aromatic heterocycles. The van der Waals surface area contributed by atoms with E-state index in [0.717, 1.165) is 0 Å². The van der Waals surface area contributed by atoms with Crippen molar-refractivity contribution >= 4 is 28.6 Å². The van der Waals surface area contributed by atoms with Gasteiger partial charge in [-0.2, -0.15) is 0 Å². The van der Waals surface area contributed by atoms with Crippen molar-refractivity contribution in [1.82, 2.24) is 9.80 Å². The maximum Gasteiger partial charge on any atom is 0.339 e. The van der Waals surface area contributed by atoms with Gasteiger partial charge < -0.3 is 24.9 Å². The normalized spacial score (nSPS) is 11.6. The summed E-state index contributed by atoms with van der Waals surface area (Å²) in [7, 11) is -4.46. The molecule has 0 aromatic rings. The second-order valence-corrected chi connectivity index (χ2v) is 5.72. The molecule has 9 nitrogen and oxygen atoms in total. The maximum atomic E-state index is 10.8. The van der Waals surface area contributed by atoms with Crippen molar-refractivity contribution in [3.05, 3.63) is 0 Å². The minimum absolute atomic E-state index is 0. The maximum absolute atomic E-state index is 10.8. The highest BCUT2D eigenvalue weighted by molar-refractivity contribution is 7.51. The second-order valence-electron chi connectivity index (χ2n) is 3.56. The number of carbonyl (C=O) groups excluding carboxylic acids is 2. The summed E-state index contributed by atoms with van der Waals surface area (Å²) < 4.78 is 21.3. The lowest BCUT2D eigenvalue weighted by Crippen LogP contribution is -2.37. The van der Waals surface area contributed by atoms with Crippen molar-refractivity contribution < 1.29 is 34.0 Å². The Morgan fingerprint density at radius 3 is 1.89 bits per heavy atom. The van der Waals surface area contributed by atoms with E-state index in [-0.39, 0.29) is 46.4 Å². The van der Waals surface area contributed by atoms with Gasteiger partial charge in [0.2, 0.25) is 0 Å². The molecule has 0 rings (SSSR count). The summed E-state index contributed by atoms with van der Waals surface area (Å²) in [6, 6.07) is 0. The van der Waals surface area contributed by atoms with Crippen LogP contribution >= 0.6 is 16.1 Å². The van der Waals surface area contributed by atoms with Gasteiger partial charge in [0.25, 0.3) is 0 Å². The largest absolute Gasteiger partial charge is 0.412 e.